The van der Waals surface area contributed by atoms with Crippen molar-refractivity contribution in [1.82, 2.24) is 14.9 Å². The van der Waals surface area contributed by atoms with Crippen LogP contribution < -0.4 is 5.32 Å². The Morgan fingerprint density at radius 3 is 2.70 bits per heavy atom. The van der Waals surface area contributed by atoms with Crippen LogP contribution in [-0.2, 0) is 16.0 Å². The predicted molar refractivity (Wildman–Crippen MR) is 91.5 cm³/mol. The van der Waals surface area contributed by atoms with Crippen molar-refractivity contribution in [2.75, 3.05) is 19.8 Å². The maximum absolute atomic E-state index is 11.6. The van der Waals surface area contributed by atoms with E-state index in [-0.39, 0.29) is 12.5 Å². The van der Waals surface area contributed by atoms with Gasteiger partial charge in [-0.1, -0.05) is 32.1 Å². The summed E-state index contributed by atoms with van der Waals surface area (Å²) in [6, 6.07) is 0.576. The van der Waals surface area contributed by atoms with Crippen molar-refractivity contribution in [1.29, 1.82) is 0 Å². The topological polar surface area (TPSA) is 56.1 Å². The molecular weight excluding hydrogens is 290 g/mol. The van der Waals surface area contributed by atoms with Crippen LogP contribution in [0.5, 0.6) is 0 Å². The summed E-state index contributed by atoms with van der Waals surface area (Å²) in [5.41, 5.74) is 1.24. The van der Waals surface area contributed by atoms with Crippen LogP contribution in [0.4, 0.5) is 0 Å². The molecule has 0 saturated heterocycles. The third kappa shape index (κ3) is 5.65. The zero-order chi connectivity index (χ0) is 16.5. The average molecular weight is 321 g/mol. The fourth-order valence-corrected chi connectivity index (χ4v) is 3.43. The third-order valence-corrected chi connectivity index (χ3v) is 4.61. The quantitative estimate of drug-likeness (QED) is 0.839. The van der Waals surface area contributed by atoms with Gasteiger partial charge in [-0.25, -0.2) is 4.98 Å². The molecule has 1 aromatic heterocycles. The van der Waals surface area contributed by atoms with Crippen molar-refractivity contribution in [2.24, 2.45) is 0 Å². The first kappa shape index (κ1) is 18.0. The van der Waals surface area contributed by atoms with Crippen molar-refractivity contribution < 1.29 is 9.53 Å². The van der Waals surface area contributed by atoms with Crippen molar-refractivity contribution in [3.8, 4) is 0 Å². The van der Waals surface area contributed by atoms with E-state index in [2.05, 4.69) is 21.8 Å². The lowest BCUT2D eigenvalue weighted by Crippen LogP contribution is -2.30. The number of imidazole rings is 1. The molecule has 0 aliphatic heterocycles. The van der Waals surface area contributed by atoms with E-state index in [0.29, 0.717) is 19.2 Å². The van der Waals surface area contributed by atoms with E-state index < -0.39 is 0 Å². The molecule has 1 fully saturated rings. The SMILES string of the molecule is CCOCC(=O)NCCc1ncc(C)n1C1CCCCCCC1. The van der Waals surface area contributed by atoms with Crippen LogP contribution in [-0.4, -0.2) is 35.2 Å². The van der Waals surface area contributed by atoms with E-state index in [1.807, 2.05) is 13.1 Å². The summed E-state index contributed by atoms with van der Waals surface area (Å²) in [5, 5.41) is 2.91. The first-order valence-corrected chi connectivity index (χ1v) is 9.09. The smallest absolute Gasteiger partial charge is 0.246 e. The summed E-state index contributed by atoms with van der Waals surface area (Å²) in [4.78, 5) is 16.2. The Bertz CT molecular complexity index is 477. The molecule has 1 saturated carbocycles. The number of amides is 1. The Kier molecular flexibility index (Phi) is 7.59. The van der Waals surface area contributed by atoms with Gasteiger partial charge in [-0.15, -0.1) is 0 Å². The van der Waals surface area contributed by atoms with Crippen LogP contribution >= 0.6 is 0 Å². The van der Waals surface area contributed by atoms with Gasteiger partial charge in [0, 0.05) is 37.5 Å². The van der Waals surface area contributed by atoms with Gasteiger partial charge in [0.15, 0.2) is 0 Å². The van der Waals surface area contributed by atoms with Crippen molar-refractivity contribution in [2.45, 2.75) is 71.3 Å². The second kappa shape index (κ2) is 9.71. The van der Waals surface area contributed by atoms with Gasteiger partial charge in [-0.05, 0) is 26.7 Å². The van der Waals surface area contributed by atoms with E-state index >= 15 is 0 Å². The average Bonchev–Trinajstić information content (AvgIpc) is 2.86. The van der Waals surface area contributed by atoms with Crippen LogP contribution in [0.25, 0.3) is 0 Å². The molecule has 1 aromatic rings. The predicted octanol–water partition coefficient (Wildman–Crippen LogP) is 3.17. The number of hydrogen-bond acceptors (Lipinski definition) is 3. The molecule has 0 unspecified atom stereocenters. The van der Waals surface area contributed by atoms with Gasteiger partial charge in [-0.3, -0.25) is 4.79 Å². The number of hydrogen-bond donors (Lipinski definition) is 1. The Hall–Kier alpha value is -1.36. The van der Waals surface area contributed by atoms with Gasteiger partial charge in [0.1, 0.15) is 12.4 Å². The molecule has 0 aromatic carbocycles. The van der Waals surface area contributed by atoms with Gasteiger partial charge >= 0.3 is 0 Å². The molecule has 0 radical (unpaired) electrons. The molecule has 0 atom stereocenters. The molecule has 0 spiro atoms. The summed E-state index contributed by atoms with van der Waals surface area (Å²) in [5.74, 6) is 1.05. The van der Waals surface area contributed by atoms with Gasteiger partial charge in [0.05, 0.1) is 0 Å². The standard InChI is InChI=1S/C18H31N3O2/c1-3-23-14-18(22)19-12-11-17-20-13-15(2)21(17)16-9-7-5-4-6-8-10-16/h13,16H,3-12,14H2,1-2H3,(H,19,22). The maximum Gasteiger partial charge on any atom is 0.246 e. The van der Waals surface area contributed by atoms with Crippen LogP contribution in [0, 0.1) is 6.92 Å². The summed E-state index contributed by atoms with van der Waals surface area (Å²) >= 11 is 0. The van der Waals surface area contributed by atoms with Crippen molar-refractivity contribution in [3.63, 3.8) is 0 Å². The van der Waals surface area contributed by atoms with Gasteiger partial charge in [-0.2, -0.15) is 0 Å². The Morgan fingerprint density at radius 1 is 1.30 bits per heavy atom. The van der Waals surface area contributed by atoms with E-state index in [1.165, 1.54) is 50.6 Å². The number of rotatable bonds is 7. The van der Waals surface area contributed by atoms with E-state index in [1.54, 1.807) is 0 Å². The zero-order valence-corrected chi connectivity index (χ0v) is 14.6. The highest BCUT2D eigenvalue weighted by molar-refractivity contribution is 5.77. The fourth-order valence-electron chi connectivity index (χ4n) is 3.43. The van der Waals surface area contributed by atoms with Crippen LogP contribution in [0.2, 0.25) is 0 Å². The second-order valence-corrected chi connectivity index (χ2v) is 6.42. The molecular formula is C18H31N3O2. The highest BCUT2D eigenvalue weighted by Gasteiger charge is 2.18. The fraction of sp³-hybridized carbons (Fsp3) is 0.778. The summed E-state index contributed by atoms with van der Waals surface area (Å²) in [7, 11) is 0. The van der Waals surface area contributed by atoms with Crippen LogP contribution in [0.3, 0.4) is 0 Å². The number of aryl methyl sites for hydroxylation is 1. The van der Waals surface area contributed by atoms with E-state index in [4.69, 9.17) is 4.74 Å². The first-order valence-electron chi connectivity index (χ1n) is 9.09. The Morgan fingerprint density at radius 2 is 2.00 bits per heavy atom. The first-order chi connectivity index (χ1) is 11.2. The zero-order valence-electron chi connectivity index (χ0n) is 14.6. The molecule has 1 heterocycles. The number of nitrogens with zero attached hydrogens (tertiary/aromatic N) is 2. The normalized spacial score (nSPS) is 16.8. The molecule has 1 N–H and O–H groups in total. The molecule has 5 nitrogen and oxygen atoms in total. The molecule has 0 bridgehead atoms. The Balaban J connectivity index is 1.90. The van der Waals surface area contributed by atoms with Crippen molar-refractivity contribution in [3.05, 3.63) is 17.7 Å². The third-order valence-electron chi connectivity index (χ3n) is 4.61. The molecule has 1 amide bonds. The van der Waals surface area contributed by atoms with Gasteiger partial charge in [0.2, 0.25) is 5.91 Å². The van der Waals surface area contributed by atoms with Crippen LogP contribution in [0.1, 0.15) is 69.4 Å². The van der Waals surface area contributed by atoms with Crippen LogP contribution in [0.15, 0.2) is 6.20 Å². The van der Waals surface area contributed by atoms with Gasteiger partial charge < -0.3 is 14.6 Å². The monoisotopic (exact) mass is 321 g/mol. The number of carbonyl (C=O) groups excluding carboxylic acids is 1. The highest BCUT2D eigenvalue weighted by Crippen LogP contribution is 2.28. The summed E-state index contributed by atoms with van der Waals surface area (Å²) < 4.78 is 7.53. The molecule has 1 aliphatic carbocycles. The summed E-state index contributed by atoms with van der Waals surface area (Å²) in [6.45, 7) is 5.37. The minimum absolute atomic E-state index is 0.0485. The molecule has 5 heteroatoms. The Labute approximate surface area is 139 Å². The minimum Gasteiger partial charge on any atom is -0.372 e. The highest BCUT2D eigenvalue weighted by atomic mass is 16.5. The molecule has 1 aliphatic rings. The van der Waals surface area contributed by atoms with E-state index in [0.717, 1.165) is 12.2 Å². The van der Waals surface area contributed by atoms with Crippen molar-refractivity contribution >= 4 is 5.91 Å². The number of aromatic nitrogens is 2. The largest absolute Gasteiger partial charge is 0.372 e. The van der Waals surface area contributed by atoms with E-state index in [9.17, 15) is 4.79 Å². The number of nitrogens with one attached hydrogen (secondary N) is 1. The lowest BCUT2D eigenvalue weighted by atomic mass is 9.96. The maximum atomic E-state index is 11.6. The number of ether oxygens (including phenoxy) is 1. The second-order valence-electron chi connectivity index (χ2n) is 6.42. The van der Waals surface area contributed by atoms with Gasteiger partial charge in [0.25, 0.3) is 0 Å². The summed E-state index contributed by atoms with van der Waals surface area (Å²) in [6.07, 6.45) is 12.0. The lowest BCUT2D eigenvalue weighted by molar-refractivity contribution is -0.125. The minimum atomic E-state index is -0.0485. The molecule has 130 valence electrons. The molecule has 23 heavy (non-hydrogen) atoms. The number of carbonyl (C=O) groups is 1. The molecule has 2 rings (SSSR count). The lowest BCUT2D eigenvalue weighted by Gasteiger charge is -2.24.